The molecule has 2 saturated heterocycles. The van der Waals surface area contributed by atoms with Gasteiger partial charge in [0.05, 0.1) is 24.3 Å². The van der Waals surface area contributed by atoms with Crippen molar-refractivity contribution in [1.82, 2.24) is 15.2 Å². The number of aromatic nitrogens is 1. The van der Waals surface area contributed by atoms with Gasteiger partial charge in [0, 0.05) is 24.8 Å². The van der Waals surface area contributed by atoms with Crippen molar-refractivity contribution in [1.29, 1.82) is 5.26 Å². The van der Waals surface area contributed by atoms with Gasteiger partial charge in [0.2, 0.25) is 5.91 Å². The molecule has 0 aromatic carbocycles. The minimum Gasteiger partial charge on any atom is -0.478 e. The molecule has 0 spiro atoms. The highest BCUT2D eigenvalue weighted by molar-refractivity contribution is 5.88. The lowest BCUT2D eigenvalue weighted by Crippen LogP contribution is -2.56. The van der Waals surface area contributed by atoms with Gasteiger partial charge in [-0.25, -0.2) is 9.78 Å². The molecule has 0 radical (unpaired) electrons. The predicted octanol–water partition coefficient (Wildman–Crippen LogP) is 0.528. The standard InChI is InChI=1S/C19H26N6O3/c1-19(23-12-17(26)25-14(11-20)2-3-15(25)21)5-8-24(9-6-19)16-10-13(18(27)28)4-7-22-16/h4,7,10,14-15,23H,2-3,5-6,8-9,12,21H2,1H3,(H,27,28)/t14-,15+/m0/s1. The average molecular weight is 386 g/mol. The van der Waals surface area contributed by atoms with E-state index in [0.717, 1.165) is 12.8 Å². The summed E-state index contributed by atoms with van der Waals surface area (Å²) in [7, 11) is 0. The highest BCUT2D eigenvalue weighted by Crippen LogP contribution is 2.26. The number of carboxylic acid groups (broad SMARTS) is 1. The van der Waals surface area contributed by atoms with E-state index in [1.165, 1.54) is 17.2 Å². The van der Waals surface area contributed by atoms with Gasteiger partial charge in [-0.05, 0) is 44.7 Å². The van der Waals surface area contributed by atoms with Crippen LogP contribution >= 0.6 is 0 Å². The van der Waals surface area contributed by atoms with Gasteiger partial charge < -0.3 is 26.0 Å². The molecule has 0 aliphatic carbocycles. The smallest absolute Gasteiger partial charge is 0.335 e. The van der Waals surface area contributed by atoms with Crippen LogP contribution in [0.25, 0.3) is 0 Å². The Morgan fingerprint density at radius 2 is 2.14 bits per heavy atom. The first kappa shape index (κ1) is 20.0. The molecule has 9 heteroatoms. The second kappa shape index (κ2) is 8.12. The monoisotopic (exact) mass is 386 g/mol. The second-order valence-corrected chi connectivity index (χ2v) is 7.70. The van der Waals surface area contributed by atoms with E-state index in [0.29, 0.717) is 31.7 Å². The SMILES string of the molecule is CC1(NCC(=O)N2[C@H](C#N)CC[C@@H]2N)CCN(c2cc(C(=O)O)ccn2)CC1. The van der Waals surface area contributed by atoms with Crippen LogP contribution in [0.3, 0.4) is 0 Å². The van der Waals surface area contributed by atoms with E-state index in [4.69, 9.17) is 10.8 Å². The van der Waals surface area contributed by atoms with Crippen LogP contribution in [-0.2, 0) is 4.79 Å². The van der Waals surface area contributed by atoms with Crippen molar-refractivity contribution in [3.63, 3.8) is 0 Å². The summed E-state index contributed by atoms with van der Waals surface area (Å²) in [5.41, 5.74) is 5.97. The molecule has 1 amide bonds. The summed E-state index contributed by atoms with van der Waals surface area (Å²) in [6.45, 7) is 3.63. The largest absolute Gasteiger partial charge is 0.478 e. The van der Waals surface area contributed by atoms with Crippen LogP contribution in [0.15, 0.2) is 18.3 Å². The number of likely N-dealkylation sites (tertiary alicyclic amines) is 1. The van der Waals surface area contributed by atoms with Gasteiger partial charge in [-0.3, -0.25) is 4.79 Å². The molecule has 3 heterocycles. The minimum absolute atomic E-state index is 0.143. The number of anilines is 1. The van der Waals surface area contributed by atoms with Gasteiger partial charge in [0.1, 0.15) is 11.9 Å². The molecule has 1 aromatic rings. The predicted molar refractivity (Wildman–Crippen MR) is 103 cm³/mol. The quantitative estimate of drug-likeness (QED) is 0.667. The van der Waals surface area contributed by atoms with E-state index in [1.54, 1.807) is 6.07 Å². The number of carboxylic acids is 1. The molecule has 0 unspecified atom stereocenters. The Morgan fingerprint density at radius 1 is 1.43 bits per heavy atom. The fourth-order valence-corrected chi connectivity index (χ4v) is 3.83. The minimum atomic E-state index is -0.971. The summed E-state index contributed by atoms with van der Waals surface area (Å²) in [5.74, 6) is -0.463. The molecule has 0 saturated carbocycles. The molecule has 4 N–H and O–H groups in total. The van der Waals surface area contributed by atoms with Gasteiger partial charge in [0.25, 0.3) is 0 Å². The maximum atomic E-state index is 12.6. The molecule has 2 fully saturated rings. The van der Waals surface area contributed by atoms with Crippen LogP contribution < -0.4 is 16.0 Å². The van der Waals surface area contributed by atoms with Crippen LogP contribution in [0.2, 0.25) is 0 Å². The zero-order chi connectivity index (χ0) is 20.3. The van der Waals surface area contributed by atoms with Crippen molar-refractivity contribution in [3.8, 4) is 6.07 Å². The maximum Gasteiger partial charge on any atom is 0.335 e. The number of nitrogens with one attached hydrogen (secondary N) is 1. The van der Waals surface area contributed by atoms with Crippen molar-refractivity contribution in [2.75, 3.05) is 24.5 Å². The van der Waals surface area contributed by atoms with Crippen molar-refractivity contribution in [2.45, 2.75) is 50.4 Å². The summed E-state index contributed by atoms with van der Waals surface area (Å²) in [5, 5.41) is 21.7. The third kappa shape index (κ3) is 4.24. The number of rotatable bonds is 5. The summed E-state index contributed by atoms with van der Waals surface area (Å²) < 4.78 is 0. The molecule has 28 heavy (non-hydrogen) atoms. The summed E-state index contributed by atoms with van der Waals surface area (Å²) in [6.07, 6.45) is 3.96. The number of hydrogen-bond donors (Lipinski definition) is 3. The average Bonchev–Trinajstić information content (AvgIpc) is 3.07. The van der Waals surface area contributed by atoms with Crippen molar-refractivity contribution in [2.24, 2.45) is 5.73 Å². The Hall–Kier alpha value is -2.70. The number of carbonyl (C=O) groups excluding carboxylic acids is 1. The number of aromatic carboxylic acids is 1. The normalized spacial score (nSPS) is 24.0. The molecule has 2 atom stereocenters. The van der Waals surface area contributed by atoms with E-state index in [2.05, 4.69) is 28.2 Å². The second-order valence-electron chi connectivity index (χ2n) is 7.70. The Morgan fingerprint density at radius 3 is 2.79 bits per heavy atom. The van der Waals surface area contributed by atoms with Crippen LogP contribution in [0.5, 0.6) is 0 Å². The fourth-order valence-electron chi connectivity index (χ4n) is 3.83. The third-order valence-corrected chi connectivity index (χ3v) is 5.72. The first-order chi connectivity index (χ1) is 13.3. The van der Waals surface area contributed by atoms with E-state index < -0.39 is 12.0 Å². The highest BCUT2D eigenvalue weighted by atomic mass is 16.4. The number of nitrogens with two attached hydrogens (primary N) is 1. The molecule has 150 valence electrons. The van der Waals surface area contributed by atoms with Crippen LogP contribution in [0.1, 0.15) is 43.0 Å². The van der Waals surface area contributed by atoms with Crippen molar-refractivity contribution in [3.05, 3.63) is 23.9 Å². The first-order valence-electron chi connectivity index (χ1n) is 9.49. The molecular formula is C19H26N6O3. The fraction of sp³-hybridized carbons (Fsp3) is 0.579. The molecule has 2 aliphatic rings. The summed E-state index contributed by atoms with van der Waals surface area (Å²) in [6, 6.07) is 4.77. The van der Waals surface area contributed by atoms with Gasteiger partial charge >= 0.3 is 5.97 Å². The maximum absolute atomic E-state index is 12.6. The van der Waals surface area contributed by atoms with Crippen molar-refractivity contribution >= 4 is 17.7 Å². The van der Waals surface area contributed by atoms with Gasteiger partial charge in [-0.2, -0.15) is 5.26 Å². The third-order valence-electron chi connectivity index (χ3n) is 5.72. The molecule has 3 rings (SSSR count). The van der Waals surface area contributed by atoms with Gasteiger partial charge in [-0.1, -0.05) is 0 Å². The van der Waals surface area contributed by atoms with Crippen LogP contribution in [-0.4, -0.2) is 64.2 Å². The Labute approximate surface area is 164 Å². The zero-order valence-electron chi connectivity index (χ0n) is 16.0. The van der Waals surface area contributed by atoms with E-state index in [-0.39, 0.29) is 29.7 Å². The molecule has 2 aliphatic heterocycles. The van der Waals surface area contributed by atoms with Gasteiger partial charge in [0.15, 0.2) is 0 Å². The molecular weight excluding hydrogens is 360 g/mol. The lowest BCUT2D eigenvalue weighted by molar-refractivity contribution is -0.132. The van der Waals surface area contributed by atoms with Crippen molar-refractivity contribution < 1.29 is 14.7 Å². The van der Waals surface area contributed by atoms with E-state index in [9.17, 15) is 14.9 Å². The topological polar surface area (TPSA) is 136 Å². The number of carbonyl (C=O) groups is 2. The Balaban J connectivity index is 1.55. The number of amides is 1. The number of nitriles is 1. The lowest BCUT2D eigenvalue weighted by Gasteiger charge is -2.41. The highest BCUT2D eigenvalue weighted by Gasteiger charge is 2.36. The zero-order valence-corrected chi connectivity index (χ0v) is 16.0. The Kier molecular flexibility index (Phi) is 5.82. The molecule has 1 aromatic heterocycles. The van der Waals surface area contributed by atoms with Crippen LogP contribution in [0.4, 0.5) is 5.82 Å². The number of pyridine rings is 1. The summed E-state index contributed by atoms with van der Waals surface area (Å²) in [4.78, 5) is 31.5. The lowest BCUT2D eigenvalue weighted by atomic mass is 9.89. The molecule has 0 bridgehead atoms. The number of nitrogens with zero attached hydrogens (tertiary/aromatic N) is 4. The first-order valence-corrected chi connectivity index (χ1v) is 9.49. The Bertz CT molecular complexity index is 784. The number of piperidine rings is 1. The summed E-state index contributed by atoms with van der Waals surface area (Å²) >= 11 is 0. The van der Waals surface area contributed by atoms with Crippen LogP contribution in [0, 0.1) is 11.3 Å². The van der Waals surface area contributed by atoms with E-state index >= 15 is 0 Å². The van der Waals surface area contributed by atoms with E-state index in [1.807, 2.05) is 0 Å². The molecule has 9 nitrogen and oxygen atoms in total. The number of hydrogen-bond acceptors (Lipinski definition) is 7. The van der Waals surface area contributed by atoms with Gasteiger partial charge in [-0.15, -0.1) is 0 Å².